The summed E-state index contributed by atoms with van der Waals surface area (Å²) >= 11 is 0. The lowest BCUT2D eigenvalue weighted by atomic mass is 10.1. The number of carbonyl (C=O) groups is 1. The first-order valence-electron chi connectivity index (χ1n) is 15.0. The maximum atomic E-state index is 10.8. The highest BCUT2D eigenvalue weighted by atomic mass is 16.7. The lowest BCUT2D eigenvalue weighted by molar-refractivity contribution is -0.147. The Kier molecular flexibility index (Phi) is 21.0. The third kappa shape index (κ3) is 18.2. The van der Waals surface area contributed by atoms with E-state index in [1.807, 2.05) is 0 Å². The van der Waals surface area contributed by atoms with Crippen molar-refractivity contribution in [2.24, 2.45) is 0 Å². The van der Waals surface area contributed by atoms with Crippen LogP contribution in [0.1, 0.15) is 135 Å². The average Bonchev–Trinajstić information content (AvgIpc) is 2.88. The van der Waals surface area contributed by atoms with Gasteiger partial charge >= 0.3 is 6.16 Å². The van der Waals surface area contributed by atoms with Gasteiger partial charge in [0.1, 0.15) is 0 Å². The Bertz CT molecular complexity index is 656. The SMILES string of the molecule is CCCCCCCCCCOC(CCCc1cccc(OC(=O)O)c1O)OCCCCCCCCCC. The van der Waals surface area contributed by atoms with Gasteiger partial charge in [-0.05, 0) is 43.7 Å². The molecule has 1 aromatic carbocycles. The summed E-state index contributed by atoms with van der Waals surface area (Å²) in [5, 5.41) is 19.2. The lowest BCUT2D eigenvalue weighted by Gasteiger charge is -2.19. The van der Waals surface area contributed by atoms with E-state index in [0.29, 0.717) is 25.2 Å². The molecule has 37 heavy (non-hydrogen) atoms. The number of phenolic OH excluding ortho intramolecular Hbond substituents is 1. The molecular formula is C31H54O6. The highest BCUT2D eigenvalue weighted by molar-refractivity contribution is 5.63. The average molecular weight is 523 g/mol. The van der Waals surface area contributed by atoms with Crippen molar-refractivity contribution in [3.05, 3.63) is 23.8 Å². The Balaban J connectivity index is 2.37. The first kappa shape index (κ1) is 33.2. The Hall–Kier alpha value is -1.79. The highest BCUT2D eigenvalue weighted by Crippen LogP contribution is 2.31. The number of hydrogen-bond donors (Lipinski definition) is 2. The molecule has 1 rings (SSSR count). The van der Waals surface area contributed by atoms with Crippen molar-refractivity contribution >= 4 is 6.16 Å². The molecule has 0 bridgehead atoms. The van der Waals surface area contributed by atoms with Gasteiger partial charge in [0.15, 0.2) is 17.8 Å². The van der Waals surface area contributed by atoms with E-state index in [1.54, 1.807) is 12.1 Å². The molecule has 0 aliphatic rings. The maximum Gasteiger partial charge on any atom is 0.511 e. The monoisotopic (exact) mass is 522 g/mol. The quantitative estimate of drug-likeness (QED) is 0.0576. The van der Waals surface area contributed by atoms with Crippen LogP contribution in [-0.2, 0) is 15.9 Å². The smallest absolute Gasteiger partial charge is 0.504 e. The number of rotatable bonds is 25. The highest BCUT2D eigenvalue weighted by Gasteiger charge is 2.14. The second kappa shape index (κ2) is 23.3. The molecule has 0 unspecified atom stereocenters. The molecule has 0 heterocycles. The molecule has 0 radical (unpaired) electrons. The molecule has 6 nitrogen and oxygen atoms in total. The molecule has 2 N–H and O–H groups in total. The lowest BCUT2D eigenvalue weighted by Crippen LogP contribution is -2.19. The van der Waals surface area contributed by atoms with E-state index < -0.39 is 6.16 Å². The standard InChI is InChI=1S/C31H54O6/c1-3-5-7-9-11-13-15-17-25-35-29(36-26-18-16-14-12-10-8-6-4-2)24-20-22-27-21-19-23-28(30(27)32)37-31(33)34/h19,21,23,29,32H,3-18,20,22,24-26H2,1-2H3,(H,33,34). The van der Waals surface area contributed by atoms with Crippen molar-refractivity contribution in [2.45, 2.75) is 142 Å². The summed E-state index contributed by atoms with van der Waals surface area (Å²) in [6.07, 6.45) is 20.7. The van der Waals surface area contributed by atoms with Gasteiger partial charge in [-0.15, -0.1) is 0 Å². The second-order valence-electron chi connectivity index (χ2n) is 10.1. The summed E-state index contributed by atoms with van der Waals surface area (Å²) in [6.45, 7) is 5.92. The summed E-state index contributed by atoms with van der Waals surface area (Å²) in [5.41, 5.74) is 0.670. The number of carboxylic acid groups (broad SMARTS) is 1. The molecule has 0 aliphatic heterocycles. The van der Waals surface area contributed by atoms with Crippen molar-refractivity contribution in [3.63, 3.8) is 0 Å². The third-order valence-corrected chi connectivity index (χ3v) is 6.77. The van der Waals surface area contributed by atoms with E-state index in [4.69, 9.17) is 14.6 Å². The minimum Gasteiger partial charge on any atom is -0.504 e. The van der Waals surface area contributed by atoms with Gasteiger partial charge in [0.05, 0.1) is 0 Å². The van der Waals surface area contributed by atoms with Crippen molar-refractivity contribution in [1.29, 1.82) is 0 Å². The number of benzene rings is 1. The number of phenols is 1. The van der Waals surface area contributed by atoms with Gasteiger partial charge in [-0.3, -0.25) is 0 Å². The zero-order valence-corrected chi connectivity index (χ0v) is 23.7. The summed E-state index contributed by atoms with van der Waals surface area (Å²) in [7, 11) is 0. The zero-order chi connectivity index (χ0) is 27.0. The van der Waals surface area contributed by atoms with Crippen LogP contribution in [0.5, 0.6) is 11.5 Å². The Morgan fingerprint density at radius 1 is 0.730 bits per heavy atom. The minimum absolute atomic E-state index is 0.0292. The molecule has 0 fully saturated rings. The number of ether oxygens (including phenoxy) is 3. The van der Waals surface area contributed by atoms with Crippen LogP contribution in [-0.4, -0.2) is 35.9 Å². The van der Waals surface area contributed by atoms with Crippen LogP contribution in [0, 0.1) is 0 Å². The minimum atomic E-state index is -1.43. The fraction of sp³-hybridized carbons (Fsp3) is 0.774. The van der Waals surface area contributed by atoms with E-state index in [-0.39, 0.29) is 17.8 Å². The van der Waals surface area contributed by atoms with Crippen molar-refractivity contribution in [2.75, 3.05) is 13.2 Å². The normalized spacial score (nSPS) is 11.3. The van der Waals surface area contributed by atoms with Crippen LogP contribution >= 0.6 is 0 Å². The summed E-state index contributed by atoms with van der Waals surface area (Å²) in [5.74, 6) is -0.139. The molecule has 0 atom stereocenters. The van der Waals surface area contributed by atoms with Gasteiger partial charge < -0.3 is 24.4 Å². The summed E-state index contributed by atoms with van der Waals surface area (Å²) in [4.78, 5) is 10.8. The predicted octanol–water partition coefficient (Wildman–Crippen LogP) is 9.41. The zero-order valence-electron chi connectivity index (χ0n) is 23.7. The van der Waals surface area contributed by atoms with E-state index >= 15 is 0 Å². The van der Waals surface area contributed by atoms with Crippen molar-refractivity contribution in [3.8, 4) is 11.5 Å². The van der Waals surface area contributed by atoms with Crippen LogP contribution in [0.25, 0.3) is 0 Å². The third-order valence-electron chi connectivity index (χ3n) is 6.77. The molecule has 214 valence electrons. The number of unbranched alkanes of at least 4 members (excludes halogenated alkanes) is 14. The molecule has 0 saturated heterocycles. The van der Waals surface area contributed by atoms with Gasteiger partial charge in [-0.25, -0.2) is 4.79 Å². The molecule has 0 aliphatic carbocycles. The molecule has 0 spiro atoms. The largest absolute Gasteiger partial charge is 0.511 e. The van der Waals surface area contributed by atoms with Gasteiger partial charge in [0.2, 0.25) is 0 Å². The van der Waals surface area contributed by atoms with E-state index in [0.717, 1.165) is 25.7 Å². The van der Waals surface area contributed by atoms with Gasteiger partial charge in [-0.1, -0.05) is 116 Å². The molecule has 6 heteroatoms. The van der Waals surface area contributed by atoms with Crippen LogP contribution in [0.4, 0.5) is 4.79 Å². The maximum absolute atomic E-state index is 10.8. The molecule has 0 aromatic heterocycles. The molecule has 0 amide bonds. The van der Waals surface area contributed by atoms with Crippen molar-refractivity contribution in [1.82, 2.24) is 0 Å². The number of hydrogen-bond acceptors (Lipinski definition) is 5. The van der Waals surface area contributed by atoms with Crippen LogP contribution in [0.2, 0.25) is 0 Å². The topological polar surface area (TPSA) is 85.2 Å². The van der Waals surface area contributed by atoms with E-state index in [2.05, 4.69) is 18.6 Å². The fourth-order valence-corrected chi connectivity index (χ4v) is 4.52. The van der Waals surface area contributed by atoms with Crippen LogP contribution in [0.3, 0.4) is 0 Å². The summed E-state index contributed by atoms with van der Waals surface area (Å²) < 4.78 is 16.9. The summed E-state index contributed by atoms with van der Waals surface area (Å²) in [6, 6.07) is 4.94. The number of para-hydroxylation sites is 1. The Labute approximate surface area is 226 Å². The van der Waals surface area contributed by atoms with Gasteiger partial charge in [0.25, 0.3) is 0 Å². The molecule has 0 saturated carbocycles. The fourth-order valence-electron chi connectivity index (χ4n) is 4.52. The van der Waals surface area contributed by atoms with E-state index in [9.17, 15) is 9.90 Å². The van der Waals surface area contributed by atoms with E-state index in [1.165, 1.54) is 96.0 Å². The molecule has 1 aromatic rings. The Morgan fingerprint density at radius 3 is 1.70 bits per heavy atom. The first-order valence-corrected chi connectivity index (χ1v) is 15.0. The molecular weight excluding hydrogens is 468 g/mol. The number of aryl methyl sites for hydroxylation is 1. The van der Waals surface area contributed by atoms with Crippen molar-refractivity contribution < 1.29 is 29.2 Å². The number of aromatic hydroxyl groups is 1. The van der Waals surface area contributed by atoms with Gasteiger partial charge in [0, 0.05) is 13.2 Å². The first-order chi connectivity index (χ1) is 18.1. The van der Waals surface area contributed by atoms with Crippen LogP contribution < -0.4 is 4.74 Å². The predicted molar refractivity (Wildman–Crippen MR) is 151 cm³/mol. The van der Waals surface area contributed by atoms with Gasteiger partial charge in [-0.2, -0.15) is 0 Å². The van der Waals surface area contributed by atoms with Crippen LogP contribution in [0.15, 0.2) is 18.2 Å². The Morgan fingerprint density at radius 2 is 1.22 bits per heavy atom. The second-order valence-corrected chi connectivity index (χ2v) is 10.1.